The molecular weight excluding hydrogens is 184 g/mol. The van der Waals surface area contributed by atoms with E-state index in [1.807, 2.05) is 0 Å². The molecule has 0 radical (unpaired) electrons. The van der Waals surface area contributed by atoms with E-state index in [2.05, 4.69) is 9.84 Å². The van der Waals surface area contributed by atoms with E-state index in [9.17, 15) is 9.59 Å². The van der Waals surface area contributed by atoms with Crippen LogP contribution in [0.4, 0.5) is 0 Å². The van der Waals surface area contributed by atoms with Crippen molar-refractivity contribution in [3.05, 3.63) is 18.0 Å². The summed E-state index contributed by atoms with van der Waals surface area (Å²) in [6.07, 6.45) is 3.39. The van der Waals surface area contributed by atoms with Gasteiger partial charge in [-0.25, -0.2) is 0 Å². The van der Waals surface area contributed by atoms with E-state index in [1.54, 1.807) is 17.9 Å². The Bertz CT molecular complexity index is 344. The molecule has 0 bridgehead atoms. The molecule has 76 valence electrons. The number of rotatable bonds is 4. The summed E-state index contributed by atoms with van der Waals surface area (Å²) in [6, 6.07) is 0. The van der Waals surface area contributed by atoms with Crippen LogP contribution in [0, 0.1) is 0 Å². The summed E-state index contributed by atoms with van der Waals surface area (Å²) in [7, 11) is 3.04. The molecule has 0 spiro atoms. The molecule has 5 nitrogen and oxygen atoms in total. The van der Waals surface area contributed by atoms with Crippen LogP contribution in [-0.4, -0.2) is 28.6 Å². The van der Waals surface area contributed by atoms with Crippen LogP contribution in [0.25, 0.3) is 0 Å². The van der Waals surface area contributed by atoms with Crippen LogP contribution >= 0.6 is 0 Å². The third kappa shape index (κ3) is 2.69. The van der Waals surface area contributed by atoms with Crippen molar-refractivity contribution in [1.82, 2.24) is 9.78 Å². The largest absolute Gasteiger partial charge is 0.469 e. The highest BCUT2D eigenvalue weighted by atomic mass is 16.5. The van der Waals surface area contributed by atoms with E-state index in [0.717, 1.165) is 0 Å². The van der Waals surface area contributed by atoms with E-state index in [-0.39, 0.29) is 24.6 Å². The Balaban J connectivity index is 2.47. The fourth-order valence-electron chi connectivity index (χ4n) is 1.03. The smallest absolute Gasteiger partial charge is 0.305 e. The summed E-state index contributed by atoms with van der Waals surface area (Å²) >= 11 is 0. The quantitative estimate of drug-likeness (QED) is 0.521. The van der Waals surface area contributed by atoms with E-state index in [0.29, 0.717) is 5.56 Å². The topological polar surface area (TPSA) is 61.2 Å². The monoisotopic (exact) mass is 196 g/mol. The maximum atomic E-state index is 11.4. The first-order valence-corrected chi connectivity index (χ1v) is 4.22. The average Bonchev–Trinajstić information content (AvgIpc) is 2.60. The average molecular weight is 196 g/mol. The second kappa shape index (κ2) is 4.55. The maximum Gasteiger partial charge on any atom is 0.305 e. The molecule has 0 saturated carbocycles. The van der Waals surface area contributed by atoms with Crippen molar-refractivity contribution in [2.75, 3.05) is 7.11 Å². The molecule has 0 amide bonds. The predicted octanol–water partition coefficient (Wildman–Crippen LogP) is 0.556. The molecule has 0 aromatic carbocycles. The molecule has 0 unspecified atom stereocenters. The van der Waals surface area contributed by atoms with Gasteiger partial charge in [0.25, 0.3) is 0 Å². The van der Waals surface area contributed by atoms with Crippen LogP contribution in [0.5, 0.6) is 0 Å². The Morgan fingerprint density at radius 1 is 1.50 bits per heavy atom. The third-order valence-electron chi connectivity index (χ3n) is 1.81. The fraction of sp³-hybridized carbons (Fsp3) is 0.444. The van der Waals surface area contributed by atoms with Gasteiger partial charge >= 0.3 is 5.97 Å². The van der Waals surface area contributed by atoms with Gasteiger partial charge in [0.2, 0.25) is 0 Å². The second-order valence-corrected chi connectivity index (χ2v) is 2.90. The first kappa shape index (κ1) is 10.4. The number of nitrogens with zero attached hydrogens (tertiary/aromatic N) is 2. The van der Waals surface area contributed by atoms with Crippen molar-refractivity contribution in [1.29, 1.82) is 0 Å². The number of hydrogen-bond acceptors (Lipinski definition) is 4. The van der Waals surface area contributed by atoms with Crippen LogP contribution in [0.1, 0.15) is 23.2 Å². The maximum absolute atomic E-state index is 11.4. The number of hydrogen-bond donors (Lipinski definition) is 0. The highest BCUT2D eigenvalue weighted by Gasteiger charge is 2.10. The molecule has 14 heavy (non-hydrogen) atoms. The summed E-state index contributed by atoms with van der Waals surface area (Å²) < 4.78 is 5.98. The van der Waals surface area contributed by atoms with E-state index in [1.165, 1.54) is 13.3 Å². The predicted molar refractivity (Wildman–Crippen MR) is 48.8 cm³/mol. The molecule has 0 saturated heterocycles. The van der Waals surface area contributed by atoms with Crippen LogP contribution < -0.4 is 0 Å². The summed E-state index contributed by atoms with van der Waals surface area (Å²) in [5.74, 6) is -0.467. The highest BCUT2D eigenvalue weighted by molar-refractivity contribution is 5.97. The Morgan fingerprint density at radius 3 is 2.71 bits per heavy atom. The first-order valence-electron chi connectivity index (χ1n) is 4.22. The van der Waals surface area contributed by atoms with Gasteiger partial charge in [0.1, 0.15) is 0 Å². The summed E-state index contributed by atoms with van der Waals surface area (Å²) in [6.45, 7) is 0. The van der Waals surface area contributed by atoms with Gasteiger partial charge in [-0.3, -0.25) is 14.3 Å². The van der Waals surface area contributed by atoms with E-state index >= 15 is 0 Å². The minimum atomic E-state index is -0.373. The second-order valence-electron chi connectivity index (χ2n) is 2.90. The van der Waals surface area contributed by atoms with E-state index in [4.69, 9.17) is 0 Å². The van der Waals surface area contributed by atoms with Crippen molar-refractivity contribution >= 4 is 11.8 Å². The molecule has 0 aliphatic rings. The van der Waals surface area contributed by atoms with Crippen LogP contribution in [0.15, 0.2) is 12.4 Å². The van der Waals surface area contributed by atoms with Crippen LogP contribution in [0.3, 0.4) is 0 Å². The van der Waals surface area contributed by atoms with Crippen LogP contribution in [-0.2, 0) is 16.6 Å². The lowest BCUT2D eigenvalue weighted by Gasteiger charge is -1.96. The van der Waals surface area contributed by atoms with Crippen molar-refractivity contribution in [2.45, 2.75) is 12.8 Å². The van der Waals surface area contributed by atoms with Crippen LogP contribution in [0.2, 0.25) is 0 Å². The molecule has 0 atom stereocenters. The molecule has 1 rings (SSSR count). The Kier molecular flexibility index (Phi) is 3.39. The minimum absolute atomic E-state index is 0.0940. The van der Waals surface area contributed by atoms with Gasteiger partial charge in [-0.05, 0) is 0 Å². The standard InChI is InChI=1S/C9H12N2O3/c1-11-6-7(5-10-11)8(12)3-4-9(13)14-2/h5-6H,3-4H2,1-2H3. The Morgan fingerprint density at radius 2 is 2.21 bits per heavy atom. The number of aryl methyl sites for hydroxylation is 1. The van der Waals surface area contributed by atoms with Gasteiger partial charge in [0.15, 0.2) is 5.78 Å². The van der Waals surface area contributed by atoms with Gasteiger partial charge in [-0.1, -0.05) is 0 Å². The number of aromatic nitrogens is 2. The van der Waals surface area contributed by atoms with Gasteiger partial charge in [0.05, 0.1) is 25.3 Å². The molecule has 1 aromatic heterocycles. The number of Topliss-reactive ketones (excluding diaryl/α,β-unsaturated/α-hetero) is 1. The fourth-order valence-corrected chi connectivity index (χ4v) is 1.03. The SMILES string of the molecule is COC(=O)CCC(=O)c1cnn(C)c1. The molecule has 0 aliphatic heterocycles. The number of ether oxygens (including phenoxy) is 1. The third-order valence-corrected chi connectivity index (χ3v) is 1.81. The zero-order valence-electron chi connectivity index (χ0n) is 8.19. The first-order chi connectivity index (χ1) is 6.63. The van der Waals surface area contributed by atoms with Crippen molar-refractivity contribution in [3.8, 4) is 0 Å². The van der Waals surface area contributed by atoms with Crippen molar-refractivity contribution in [3.63, 3.8) is 0 Å². The highest BCUT2D eigenvalue weighted by Crippen LogP contribution is 2.04. The number of esters is 1. The van der Waals surface area contributed by atoms with Gasteiger partial charge < -0.3 is 4.74 Å². The molecule has 0 fully saturated rings. The number of ketones is 1. The summed E-state index contributed by atoms with van der Waals surface area (Å²) in [5.41, 5.74) is 0.524. The molecule has 0 aliphatic carbocycles. The van der Waals surface area contributed by atoms with Crippen molar-refractivity contribution in [2.24, 2.45) is 7.05 Å². The van der Waals surface area contributed by atoms with Crippen molar-refractivity contribution < 1.29 is 14.3 Å². The number of carbonyl (C=O) groups is 2. The molecule has 1 aromatic rings. The lowest BCUT2D eigenvalue weighted by atomic mass is 10.1. The molecular formula is C9H12N2O3. The Hall–Kier alpha value is -1.65. The zero-order valence-corrected chi connectivity index (χ0v) is 8.19. The van der Waals surface area contributed by atoms with E-state index < -0.39 is 0 Å². The minimum Gasteiger partial charge on any atom is -0.469 e. The van der Waals surface area contributed by atoms with Gasteiger partial charge in [-0.15, -0.1) is 0 Å². The zero-order chi connectivity index (χ0) is 10.6. The normalized spacial score (nSPS) is 9.86. The number of carbonyl (C=O) groups excluding carboxylic acids is 2. The summed E-state index contributed by atoms with van der Waals surface area (Å²) in [4.78, 5) is 22.2. The van der Waals surface area contributed by atoms with Gasteiger partial charge in [-0.2, -0.15) is 5.10 Å². The number of methoxy groups -OCH3 is 1. The Labute approximate surface area is 81.7 Å². The summed E-state index contributed by atoms with van der Waals surface area (Å²) in [5, 5.41) is 3.86. The lowest BCUT2D eigenvalue weighted by Crippen LogP contribution is -2.05. The molecule has 1 heterocycles. The van der Waals surface area contributed by atoms with Gasteiger partial charge in [0, 0.05) is 19.7 Å². The lowest BCUT2D eigenvalue weighted by molar-refractivity contribution is -0.140. The molecule has 5 heteroatoms. The molecule has 0 N–H and O–H groups in total.